The third kappa shape index (κ3) is 5.61. The van der Waals surface area contributed by atoms with Crippen molar-refractivity contribution in [2.24, 2.45) is 5.92 Å². The first-order chi connectivity index (χ1) is 13.6. The second-order valence-corrected chi connectivity index (χ2v) is 7.05. The van der Waals surface area contributed by atoms with Gasteiger partial charge in [-0.3, -0.25) is 4.79 Å². The Hall–Kier alpha value is -3.27. The predicted octanol–water partition coefficient (Wildman–Crippen LogP) is 6.11. The molecule has 0 spiro atoms. The first-order valence-corrected chi connectivity index (χ1v) is 9.57. The molecule has 0 atom stereocenters. The SMILES string of the molecule is CC(C)CCOc1ccc(NC(=O)c2ccccc2Nc2ccccc2)cc1. The fraction of sp³-hybridized carbons (Fsp3) is 0.208. The van der Waals surface area contributed by atoms with E-state index < -0.39 is 0 Å². The smallest absolute Gasteiger partial charge is 0.257 e. The van der Waals surface area contributed by atoms with Gasteiger partial charge in [-0.05, 0) is 60.9 Å². The van der Waals surface area contributed by atoms with Crippen molar-refractivity contribution in [2.75, 3.05) is 17.2 Å². The Bertz CT molecular complexity index is 890. The van der Waals surface area contributed by atoms with Crippen LogP contribution in [0.3, 0.4) is 0 Å². The van der Waals surface area contributed by atoms with Gasteiger partial charge in [0.05, 0.1) is 17.9 Å². The quantitative estimate of drug-likeness (QED) is 0.500. The van der Waals surface area contributed by atoms with Crippen LogP contribution in [0.25, 0.3) is 0 Å². The van der Waals surface area contributed by atoms with Crippen molar-refractivity contribution < 1.29 is 9.53 Å². The van der Waals surface area contributed by atoms with E-state index in [1.807, 2.05) is 78.9 Å². The van der Waals surface area contributed by atoms with Crippen molar-refractivity contribution in [1.29, 1.82) is 0 Å². The lowest BCUT2D eigenvalue weighted by molar-refractivity contribution is 0.102. The van der Waals surface area contributed by atoms with Crippen LogP contribution in [-0.4, -0.2) is 12.5 Å². The van der Waals surface area contributed by atoms with Crippen LogP contribution in [0.15, 0.2) is 78.9 Å². The van der Waals surface area contributed by atoms with Crippen LogP contribution in [0.4, 0.5) is 17.1 Å². The summed E-state index contributed by atoms with van der Waals surface area (Å²) in [7, 11) is 0. The number of nitrogens with one attached hydrogen (secondary N) is 2. The predicted molar refractivity (Wildman–Crippen MR) is 116 cm³/mol. The summed E-state index contributed by atoms with van der Waals surface area (Å²) in [5.74, 6) is 1.26. The highest BCUT2D eigenvalue weighted by Gasteiger charge is 2.11. The molecule has 0 radical (unpaired) electrons. The molecule has 0 saturated heterocycles. The molecule has 0 heterocycles. The molecule has 2 N–H and O–H groups in total. The molecule has 0 bridgehead atoms. The number of rotatable bonds is 8. The van der Waals surface area contributed by atoms with Crippen LogP contribution < -0.4 is 15.4 Å². The largest absolute Gasteiger partial charge is 0.494 e. The molecule has 0 saturated carbocycles. The van der Waals surface area contributed by atoms with Gasteiger partial charge in [0.1, 0.15) is 5.75 Å². The third-order valence-electron chi connectivity index (χ3n) is 4.30. The average molecular weight is 374 g/mol. The Kier molecular flexibility index (Phi) is 6.68. The van der Waals surface area contributed by atoms with Crippen molar-refractivity contribution >= 4 is 23.0 Å². The van der Waals surface area contributed by atoms with Gasteiger partial charge in [-0.2, -0.15) is 0 Å². The van der Waals surface area contributed by atoms with Gasteiger partial charge < -0.3 is 15.4 Å². The maximum atomic E-state index is 12.8. The average Bonchev–Trinajstić information content (AvgIpc) is 2.70. The standard InChI is InChI=1S/C24H26N2O2/c1-18(2)16-17-28-21-14-12-20(13-15-21)26-24(27)22-10-6-7-11-23(22)25-19-8-4-3-5-9-19/h3-15,18,25H,16-17H2,1-2H3,(H,26,27). The van der Waals surface area contributed by atoms with Crippen molar-refractivity contribution in [2.45, 2.75) is 20.3 Å². The van der Waals surface area contributed by atoms with Crippen LogP contribution in [-0.2, 0) is 0 Å². The summed E-state index contributed by atoms with van der Waals surface area (Å²) in [6.45, 7) is 5.04. The molecular formula is C24H26N2O2. The van der Waals surface area contributed by atoms with Gasteiger partial charge >= 0.3 is 0 Å². The molecule has 3 aromatic carbocycles. The van der Waals surface area contributed by atoms with Crippen molar-refractivity contribution in [3.63, 3.8) is 0 Å². The number of carbonyl (C=O) groups is 1. The lowest BCUT2D eigenvalue weighted by atomic mass is 10.1. The molecule has 0 aliphatic heterocycles. The van der Waals surface area contributed by atoms with Gasteiger partial charge in [-0.1, -0.05) is 44.2 Å². The number of carbonyl (C=O) groups excluding carboxylic acids is 1. The minimum absolute atomic E-state index is 0.160. The first-order valence-electron chi connectivity index (χ1n) is 9.57. The zero-order valence-electron chi connectivity index (χ0n) is 16.3. The van der Waals surface area contributed by atoms with Crippen molar-refractivity contribution in [3.05, 3.63) is 84.4 Å². The highest BCUT2D eigenvalue weighted by molar-refractivity contribution is 6.08. The number of para-hydroxylation sites is 2. The van der Waals surface area contributed by atoms with E-state index in [0.29, 0.717) is 18.1 Å². The van der Waals surface area contributed by atoms with E-state index >= 15 is 0 Å². The van der Waals surface area contributed by atoms with E-state index in [0.717, 1.165) is 29.2 Å². The number of anilines is 3. The Morgan fingerprint density at radius 2 is 1.54 bits per heavy atom. The molecule has 144 valence electrons. The molecule has 0 aliphatic carbocycles. The van der Waals surface area contributed by atoms with E-state index in [4.69, 9.17) is 4.74 Å². The number of benzene rings is 3. The molecule has 3 aromatic rings. The Labute approximate surface area is 166 Å². The van der Waals surface area contributed by atoms with Gasteiger partial charge in [0.25, 0.3) is 5.91 Å². The maximum absolute atomic E-state index is 12.8. The maximum Gasteiger partial charge on any atom is 0.257 e. The second kappa shape index (κ2) is 9.60. The number of hydrogen-bond acceptors (Lipinski definition) is 3. The molecular weight excluding hydrogens is 348 g/mol. The van der Waals surface area contributed by atoms with Gasteiger partial charge in [-0.25, -0.2) is 0 Å². The molecule has 4 nitrogen and oxygen atoms in total. The molecule has 28 heavy (non-hydrogen) atoms. The summed E-state index contributed by atoms with van der Waals surface area (Å²) in [5, 5.41) is 6.25. The fourth-order valence-electron chi connectivity index (χ4n) is 2.71. The van der Waals surface area contributed by atoms with E-state index in [1.165, 1.54) is 0 Å². The molecule has 0 aliphatic rings. The van der Waals surface area contributed by atoms with Crippen LogP contribution in [0.5, 0.6) is 5.75 Å². The molecule has 0 unspecified atom stereocenters. The Balaban J connectivity index is 1.65. The summed E-state index contributed by atoms with van der Waals surface area (Å²) >= 11 is 0. The minimum atomic E-state index is -0.160. The van der Waals surface area contributed by atoms with Gasteiger partial charge in [-0.15, -0.1) is 0 Å². The van der Waals surface area contributed by atoms with Crippen molar-refractivity contribution in [3.8, 4) is 5.75 Å². The number of hydrogen-bond donors (Lipinski definition) is 2. The summed E-state index contributed by atoms with van der Waals surface area (Å²) < 4.78 is 5.72. The summed E-state index contributed by atoms with van der Waals surface area (Å²) in [5.41, 5.74) is 3.02. The van der Waals surface area contributed by atoms with E-state index in [9.17, 15) is 4.79 Å². The highest BCUT2D eigenvalue weighted by atomic mass is 16.5. The molecule has 0 aromatic heterocycles. The number of ether oxygens (including phenoxy) is 1. The second-order valence-electron chi connectivity index (χ2n) is 7.05. The summed E-state index contributed by atoms with van der Waals surface area (Å²) in [6, 6.07) is 24.7. The number of amides is 1. The monoisotopic (exact) mass is 374 g/mol. The lowest BCUT2D eigenvalue weighted by Gasteiger charge is -2.13. The van der Waals surface area contributed by atoms with E-state index in [1.54, 1.807) is 0 Å². The zero-order chi connectivity index (χ0) is 19.8. The van der Waals surface area contributed by atoms with Gasteiger partial charge in [0.15, 0.2) is 0 Å². The van der Waals surface area contributed by atoms with Crippen molar-refractivity contribution in [1.82, 2.24) is 0 Å². The molecule has 4 heteroatoms. The van der Waals surface area contributed by atoms with Crippen LogP contribution in [0.2, 0.25) is 0 Å². The molecule has 3 rings (SSSR count). The molecule has 1 amide bonds. The van der Waals surface area contributed by atoms with Crippen LogP contribution in [0, 0.1) is 5.92 Å². The topological polar surface area (TPSA) is 50.4 Å². The van der Waals surface area contributed by atoms with Gasteiger partial charge in [0, 0.05) is 11.4 Å². The van der Waals surface area contributed by atoms with Gasteiger partial charge in [0.2, 0.25) is 0 Å². The minimum Gasteiger partial charge on any atom is -0.494 e. The van der Waals surface area contributed by atoms with E-state index in [-0.39, 0.29) is 5.91 Å². The van der Waals surface area contributed by atoms with Crippen LogP contribution >= 0.6 is 0 Å². The zero-order valence-corrected chi connectivity index (χ0v) is 16.3. The summed E-state index contributed by atoms with van der Waals surface area (Å²) in [4.78, 5) is 12.8. The highest BCUT2D eigenvalue weighted by Crippen LogP contribution is 2.23. The lowest BCUT2D eigenvalue weighted by Crippen LogP contribution is -2.13. The van der Waals surface area contributed by atoms with Crippen LogP contribution in [0.1, 0.15) is 30.6 Å². The molecule has 0 fully saturated rings. The normalized spacial score (nSPS) is 10.5. The third-order valence-corrected chi connectivity index (χ3v) is 4.30. The Morgan fingerprint density at radius 3 is 2.25 bits per heavy atom. The first kappa shape index (κ1) is 19.5. The Morgan fingerprint density at radius 1 is 0.857 bits per heavy atom. The van der Waals surface area contributed by atoms with E-state index in [2.05, 4.69) is 24.5 Å². The fourth-order valence-corrected chi connectivity index (χ4v) is 2.71. The summed E-state index contributed by atoms with van der Waals surface area (Å²) in [6.07, 6.45) is 1.02.